The summed E-state index contributed by atoms with van der Waals surface area (Å²) in [7, 11) is 0. The van der Waals surface area contributed by atoms with Gasteiger partial charge in [0.15, 0.2) is 0 Å². The number of nitrogens with one attached hydrogen (secondary N) is 1. The van der Waals surface area contributed by atoms with Gasteiger partial charge in [0.1, 0.15) is 11.8 Å². The van der Waals surface area contributed by atoms with E-state index in [-0.39, 0.29) is 11.9 Å². The van der Waals surface area contributed by atoms with Crippen LogP contribution in [0.1, 0.15) is 25.8 Å². The Labute approximate surface area is 143 Å². The summed E-state index contributed by atoms with van der Waals surface area (Å²) in [5.41, 5.74) is 3.21. The van der Waals surface area contributed by atoms with Gasteiger partial charge in [-0.1, -0.05) is 30.3 Å². The van der Waals surface area contributed by atoms with E-state index in [1.807, 2.05) is 44.2 Å². The van der Waals surface area contributed by atoms with Crippen molar-refractivity contribution in [3.8, 4) is 5.75 Å². The number of carbonyl (C=O) groups excluding carboxylic acids is 1. The highest BCUT2D eigenvalue weighted by molar-refractivity contribution is 5.98. The number of amides is 1. The van der Waals surface area contributed by atoms with E-state index in [4.69, 9.17) is 4.74 Å². The van der Waals surface area contributed by atoms with Crippen molar-refractivity contribution >= 4 is 17.3 Å². The highest BCUT2D eigenvalue weighted by Crippen LogP contribution is 2.29. The molecular weight excluding hydrogens is 300 g/mol. The number of carbonyl (C=O) groups is 1. The molecule has 1 N–H and O–H groups in total. The first-order valence-corrected chi connectivity index (χ1v) is 8.58. The van der Waals surface area contributed by atoms with E-state index < -0.39 is 0 Å². The van der Waals surface area contributed by atoms with Crippen LogP contribution in [0.2, 0.25) is 0 Å². The first kappa shape index (κ1) is 16.4. The van der Waals surface area contributed by atoms with E-state index in [2.05, 4.69) is 28.4 Å². The zero-order chi connectivity index (χ0) is 16.9. The zero-order valence-corrected chi connectivity index (χ0v) is 14.3. The lowest BCUT2D eigenvalue weighted by molar-refractivity contribution is -0.117. The molecule has 1 amide bonds. The predicted octanol–water partition coefficient (Wildman–Crippen LogP) is 3.87. The Morgan fingerprint density at radius 1 is 1.21 bits per heavy atom. The van der Waals surface area contributed by atoms with Crippen LogP contribution in [-0.2, 0) is 11.2 Å². The number of rotatable bonds is 5. The summed E-state index contributed by atoms with van der Waals surface area (Å²) in [6.45, 7) is 5.37. The Morgan fingerprint density at radius 3 is 2.79 bits per heavy atom. The number of benzene rings is 2. The van der Waals surface area contributed by atoms with Gasteiger partial charge in [0.05, 0.1) is 12.3 Å². The largest absolute Gasteiger partial charge is 0.492 e. The Balaban J connectivity index is 1.77. The summed E-state index contributed by atoms with van der Waals surface area (Å²) >= 11 is 0. The second kappa shape index (κ2) is 7.39. The standard InChI is InChI=1S/C20H24N2O2/c1-3-24-19-13-7-5-11-17(19)21-20(23)15(2)22-14-8-10-16-9-4-6-12-18(16)22/h4-7,9,11-13,15H,3,8,10,14H2,1-2H3,(H,21,23). The van der Waals surface area contributed by atoms with E-state index in [1.54, 1.807) is 0 Å². The van der Waals surface area contributed by atoms with Crippen LogP contribution < -0.4 is 15.0 Å². The van der Waals surface area contributed by atoms with Crippen molar-refractivity contribution in [2.45, 2.75) is 32.7 Å². The summed E-state index contributed by atoms with van der Waals surface area (Å²) in [6.07, 6.45) is 2.15. The molecular formula is C20H24N2O2. The minimum Gasteiger partial charge on any atom is -0.492 e. The molecule has 1 heterocycles. The van der Waals surface area contributed by atoms with Gasteiger partial charge in [-0.3, -0.25) is 4.79 Å². The molecule has 0 radical (unpaired) electrons. The van der Waals surface area contributed by atoms with E-state index >= 15 is 0 Å². The summed E-state index contributed by atoms with van der Waals surface area (Å²) in [4.78, 5) is 15.0. The van der Waals surface area contributed by atoms with Gasteiger partial charge in [-0.2, -0.15) is 0 Å². The molecule has 0 bridgehead atoms. The van der Waals surface area contributed by atoms with E-state index in [0.29, 0.717) is 12.4 Å². The molecule has 0 aliphatic carbocycles. The van der Waals surface area contributed by atoms with Gasteiger partial charge in [-0.05, 0) is 50.5 Å². The van der Waals surface area contributed by atoms with Crippen molar-refractivity contribution in [3.05, 3.63) is 54.1 Å². The number of para-hydroxylation sites is 3. The Morgan fingerprint density at radius 2 is 1.96 bits per heavy atom. The minimum atomic E-state index is -0.235. The maximum atomic E-state index is 12.8. The van der Waals surface area contributed by atoms with Crippen molar-refractivity contribution in [2.24, 2.45) is 0 Å². The first-order chi connectivity index (χ1) is 11.7. The van der Waals surface area contributed by atoms with Crippen LogP contribution in [-0.4, -0.2) is 25.1 Å². The zero-order valence-electron chi connectivity index (χ0n) is 14.3. The number of fused-ring (bicyclic) bond motifs is 1. The van der Waals surface area contributed by atoms with Gasteiger partial charge in [0.25, 0.3) is 0 Å². The topological polar surface area (TPSA) is 41.6 Å². The third-order valence-corrected chi connectivity index (χ3v) is 4.44. The highest BCUT2D eigenvalue weighted by Gasteiger charge is 2.26. The number of ether oxygens (including phenoxy) is 1. The van der Waals surface area contributed by atoms with E-state index in [1.165, 1.54) is 11.3 Å². The maximum absolute atomic E-state index is 12.8. The summed E-state index contributed by atoms with van der Waals surface area (Å²) < 4.78 is 5.59. The molecule has 126 valence electrons. The molecule has 4 nitrogen and oxygen atoms in total. The normalized spacial score (nSPS) is 14.7. The monoisotopic (exact) mass is 324 g/mol. The molecule has 1 unspecified atom stereocenters. The van der Waals surface area contributed by atoms with Gasteiger partial charge in [0.2, 0.25) is 5.91 Å². The molecule has 1 aliphatic heterocycles. The molecule has 4 heteroatoms. The molecule has 0 saturated carbocycles. The fourth-order valence-corrected chi connectivity index (χ4v) is 3.19. The van der Waals surface area contributed by atoms with Gasteiger partial charge in [0, 0.05) is 12.2 Å². The lowest BCUT2D eigenvalue weighted by Gasteiger charge is -2.35. The smallest absolute Gasteiger partial charge is 0.246 e. The molecule has 1 aliphatic rings. The van der Waals surface area contributed by atoms with Crippen molar-refractivity contribution in [1.29, 1.82) is 0 Å². The average Bonchev–Trinajstić information content (AvgIpc) is 2.62. The quantitative estimate of drug-likeness (QED) is 0.908. The Bertz CT molecular complexity index is 714. The molecule has 0 fully saturated rings. The van der Waals surface area contributed by atoms with Crippen LogP contribution in [0.15, 0.2) is 48.5 Å². The van der Waals surface area contributed by atoms with Crippen molar-refractivity contribution in [3.63, 3.8) is 0 Å². The predicted molar refractivity (Wildman–Crippen MR) is 97.8 cm³/mol. The van der Waals surface area contributed by atoms with E-state index in [0.717, 1.165) is 25.1 Å². The van der Waals surface area contributed by atoms with Crippen molar-refractivity contribution in [1.82, 2.24) is 0 Å². The van der Waals surface area contributed by atoms with Crippen LogP contribution in [0.25, 0.3) is 0 Å². The van der Waals surface area contributed by atoms with Gasteiger partial charge in [-0.15, -0.1) is 0 Å². The Hall–Kier alpha value is -2.49. The lowest BCUT2D eigenvalue weighted by Crippen LogP contribution is -2.44. The van der Waals surface area contributed by atoms with Crippen LogP contribution >= 0.6 is 0 Å². The first-order valence-electron chi connectivity index (χ1n) is 8.58. The summed E-state index contributed by atoms with van der Waals surface area (Å²) in [5, 5.41) is 3.02. The number of nitrogens with zero attached hydrogens (tertiary/aromatic N) is 1. The second-order valence-corrected chi connectivity index (χ2v) is 6.02. The highest BCUT2D eigenvalue weighted by atomic mass is 16.5. The fourth-order valence-electron chi connectivity index (χ4n) is 3.19. The van der Waals surface area contributed by atoms with Gasteiger partial charge in [-0.25, -0.2) is 0 Å². The SMILES string of the molecule is CCOc1ccccc1NC(=O)C(C)N1CCCc2ccccc21. The number of aryl methyl sites for hydroxylation is 1. The number of hydrogen-bond donors (Lipinski definition) is 1. The number of anilines is 2. The average molecular weight is 324 g/mol. The van der Waals surface area contributed by atoms with Crippen LogP contribution in [0.3, 0.4) is 0 Å². The third kappa shape index (κ3) is 3.37. The molecule has 0 spiro atoms. The molecule has 1 atom stereocenters. The van der Waals surface area contributed by atoms with Crippen LogP contribution in [0, 0.1) is 0 Å². The van der Waals surface area contributed by atoms with E-state index in [9.17, 15) is 4.79 Å². The summed E-state index contributed by atoms with van der Waals surface area (Å²) in [5.74, 6) is 0.693. The second-order valence-electron chi connectivity index (χ2n) is 6.02. The lowest BCUT2D eigenvalue weighted by atomic mass is 10.00. The molecule has 2 aromatic rings. The molecule has 24 heavy (non-hydrogen) atoms. The van der Waals surface area contributed by atoms with Gasteiger partial charge >= 0.3 is 0 Å². The van der Waals surface area contributed by atoms with Crippen molar-refractivity contribution < 1.29 is 9.53 Å². The minimum absolute atomic E-state index is 0.0149. The molecule has 0 saturated heterocycles. The fraction of sp³-hybridized carbons (Fsp3) is 0.350. The molecule has 3 rings (SSSR count). The molecule has 2 aromatic carbocycles. The van der Waals surface area contributed by atoms with Crippen LogP contribution in [0.5, 0.6) is 5.75 Å². The molecule has 0 aromatic heterocycles. The summed E-state index contributed by atoms with van der Waals surface area (Å²) in [6, 6.07) is 15.7. The third-order valence-electron chi connectivity index (χ3n) is 4.44. The van der Waals surface area contributed by atoms with Gasteiger partial charge < -0.3 is 15.0 Å². The van der Waals surface area contributed by atoms with Crippen molar-refractivity contribution in [2.75, 3.05) is 23.4 Å². The number of hydrogen-bond acceptors (Lipinski definition) is 3. The van der Waals surface area contributed by atoms with Crippen LogP contribution in [0.4, 0.5) is 11.4 Å². The maximum Gasteiger partial charge on any atom is 0.246 e. The Kier molecular flexibility index (Phi) is 5.04.